The van der Waals surface area contributed by atoms with Gasteiger partial charge in [0.15, 0.2) is 0 Å². The van der Waals surface area contributed by atoms with Gasteiger partial charge in [0.2, 0.25) is 0 Å². The predicted octanol–water partition coefficient (Wildman–Crippen LogP) is 4.15. The molecule has 0 atom stereocenters. The first-order chi connectivity index (χ1) is 13.3. The van der Waals surface area contributed by atoms with Gasteiger partial charge in [0.25, 0.3) is 5.91 Å². The van der Waals surface area contributed by atoms with Crippen LogP contribution in [0.2, 0.25) is 0 Å². The first-order valence-corrected chi connectivity index (χ1v) is 9.72. The van der Waals surface area contributed by atoms with Crippen LogP contribution >= 0.6 is 0 Å². The molecule has 0 spiro atoms. The molecule has 1 N–H and O–H groups in total. The highest BCUT2D eigenvalue weighted by molar-refractivity contribution is 6.05. The van der Waals surface area contributed by atoms with E-state index >= 15 is 0 Å². The first kappa shape index (κ1) is 17.7. The van der Waals surface area contributed by atoms with E-state index in [4.69, 9.17) is 0 Å². The first-order valence-electron chi connectivity index (χ1n) is 9.72. The summed E-state index contributed by atoms with van der Waals surface area (Å²) in [7, 11) is 0. The zero-order chi connectivity index (χ0) is 18.5. The predicted molar refractivity (Wildman–Crippen MR) is 108 cm³/mol. The largest absolute Gasteiger partial charge is 0.348 e. The van der Waals surface area contributed by atoms with Crippen molar-refractivity contribution in [2.75, 3.05) is 13.1 Å². The summed E-state index contributed by atoms with van der Waals surface area (Å²) in [5, 5.41) is 4.00. The number of piperidine rings is 1. The van der Waals surface area contributed by atoms with Crippen molar-refractivity contribution in [1.82, 2.24) is 15.2 Å². The average molecular weight is 359 g/mol. The maximum absolute atomic E-state index is 12.6. The summed E-state index contributed by atoms with van der Waals surface area (Å²) in [5.74, 6) is -0.0864. The standard InChI is InChI=1S/C23H25N3O/c27-23(21-8-4-6-20-7-5-13-24-22(20)21)25-16-18-9-11-19(12-10-18)17-26-14-2-1-3-15-26/h4-13H,1-3,14-17H2,(H,25,27). The molecule has 1 amide bonds. The molecule has 2 heterocycles. The Hall–Kier alpha value is -2.72. The molecule has 0 unspecified atom stereocenters. The fraction of sp³-hybridized carbons (Fsp3) is 0.304. The van der Waals surface area contributed by atoms with Crippen molar-refractivity contribution in [1.29, 1.82) is 0 Å². The zero-order valence-electron chi connectivity index (χ0n) is 15.5. The van der Waals surface area contributed by atoms with Crippen molar-refractivity contribution in [3.63, 3.8) is 0 Å². The van der Waals surface area contributed by atoms with Gasteiger partial charge in [-0.1, -0.05) is 48.9 Å². The van der Waals surface area contributed by atoms with Gasteiger partial charge < -0.3 is 5.32 Å². The number of hydrogen-bond donors (Lipinski definition) is 1. The molecule has 1 saturated heterocycles. The van der Waals surface area contributed by atoms with E-state index in [9.17, 15) is 4.79 Å². The Morgan fingerprint density at radius 3 is 2.48 bits per heavy atom. The number of benzene rings is 2. The number of rotatable bonds is 5. The lowest BCUT2D eigenvalue weighted by Crippen LogP contribution is -2.29. The minimum Gasteiger partial charge on any atom is -0.348 e. The van der Waals surface area contributed by atoms with Crippen LogP contribution in [0.5, 0.6) is 0 Å². The van der Waals surface area contributed by atoms with E-state index in [0.717, 1.165) is 23.0 Å². The molecule has 0 radical (unpaired) electrons. The van der Waals surface area contributed by atoms with Crippen LogP contribution in [0.25, 0.3) is 10.9 Å². The van der Waals surface area contributed by atoms with E-state index < -0.39 is 0 Å². The molecule has 4 heteroatoms. The molecule has 0 saturated carbocycles. The van der Waals surface area contributed by atoms with Crippen molar-refractivity contribution < 1.29 is 4.79 Å². The molecule has 3 aromatic rings. The van der Waals surface area contributed by atoms with Gasteiger partial charge in [0.05, 0.1) is 11.1 Å². The second-order valence-electron chi connectivity index (χ2n) is 7.22. The molecule has 0 bridgehead atoms. The topological polar surface area (TPSA) is 45.2 Å². The fourth-order valence-electron chi connectivity index (χ4n) is 3.70. The lowest BCUT2D eigenvalue weighted by Gasteiger charge is -2.26. The number of carbonyl (C=O) groups excluding carboxylic acids is 1. The SMILES string of the molecule is O=C(NCc1ccc(CN2CCCCC2)cc1)c1cccc2cccnc12. The van der Waals surface area contributed by atoms with Crippen molar-refractivity contribution >= 4 is 16.8 Å². The Kier molecular flexibility index (Phi) is 5.45. The third-order valence-electron chi connectivity index (χ3n) is 5.21. The van der Waals surface area contributed by atoms with Gasteiger partial charge in [0.1, 0.15) is 0 Å². The lowest BCUT2D eigenvalue weighted by atomic mass is 10.1. The molecule has 1 aliphatic heterocycles. The van der Waals surface area contributed by atoms with Crippen molar-refractivity contribution in [2.24, 2.45) is 0 Å². The third kappa shape index (κ3) is 4.34. The summed E-state index contributed by atoms with van der Waals surface area (Å²) in [5.41, 5.74) is 3.81. The number of nitrogens with zero attached hydrogens (tertiary/aromatic N) is 2. The molecule has 1 aliphatic rings. The Morgan fingerprint density at radius 1 is 0.926 bits per heavy atom. The third-order valence-corrected chi connectivity index (χ3v) is 5.21. The molecule has 4 nitrogen and oxygen atoms in total. The van der Waals surface area contributed by atoms with E-state index in [0.29, 0.717) is 12.1 Å². The molecule has 138 valence electrons. The normalized spacial score (nSPS) is 15.0. The van der Waals surface area contributed by atoms with Crippen LogP contribution in [-0.2, 0) is 13.1 Å². The van der Waals surface area contributed by atoms with Gasteiger partial charge in [-0.3, -0.25) is 14.7 Å². The second kappa shape index (κ2) is 8.31. The maximum atomic E-state index is 12.6. The van der Waals surface area contributed by atoms with Crippen LogP contribution in [0.1, 0.15) is 40.7 Å². The molecule has 4 rings (SSSR count). The van der Waals surface area contributed by atoms with Gasteiger partial charge >= 0.3 is 0 Å². The number of carbonyl (C=O) groups is 1. The van der Waals surface area contributed by atoms with E-state index in [1.165, 1.54) is 37.9 Å². The van der Waals surface area contributed by atoms with Gasteiger partial charge in [-0.25, -0.2) is 0 Å². The maximum Gasteiger partial charge on any atom is 0.253 e. The molecule has 1 fully saturated rings. The van der Waals surface area contributed by atoms with Gasteiger partial charge in [-0.2, -0.15) is 0 Å². The van der Waals surface area contributed by atoms with Gasteiger partial charge in [0, 0.05) is 24.7 Å². The van der Waals surface area contributed by atoms with Crippen LogP contribution in [-0.4, -0.2) is 28.9 Å². The van der Waals surface area contributed by atoms with Crippen LogP contribution < -0.4 is 5.32 Å². The van der Waals surface area contributed by atoms with Gasteiger partial charge in [-0.05, 0) is 49.2 Å². The van der Waals surface area contributed by atoms with Crippen molar-refractivity contribution in [3.8, 4) is 0 Å². The van der Waals surface area contributed by atoms with Crippen LogP contribution in [0, 0.1) is 0 Å². The fourth-order valence-corrected chi connectivity index (χ4v) is 3.70. The summed E-state index contributed by atoms with van der Waals surface area (Å²) in [6.07, 6.45) is 5.71. The van der Waals surface area contributed by atoms with E-state index in [-0.39, 0.29) is 5.91 Å². The van der Waals surface area contributed by atoms with E-state index in [1.54, 1.807) is 6.20 Å². The summed E-state index contributed by atoms with van der Waals surface area (Å²) >= 11 is 0. The molecule has 0 aliphatic carbocycles. The van der Waals surface area contributed by atoms with Gasteiger partial charge in [-0.15, -0.1) is 0 Å². The zero-order valence-corrected chi connectivity index (χ0v) is 15.5. The second-order valence-corrected chi connectivity index (χ2v) is 7.22. The molecule has 27 heavy (non-hydrogen) atoms. The highest BCUT2D eigenvalue weighted by atomic mass is 16.1. The number of likely N-dealkylation sites (tertiary alicyclic amines) is 1. The number of pyridine rings is 1. The lowest BCUT2D eigenvalue weighted by molar-refractivity contribution is 0.0952. The van der Waals surface area contributed by atoms with Crippen LogP contribution in [0.15, 0.2) is 60.8 Å². The smallest absolute Gasteiger partial charge is 0.253 e. The Labute approximate surface area is 160 Å². The molecule has 1 aromatic heterocycles. The minimum atomic E-state index is -0.0864. The molecular weight excluding hydrogens is 334 g/mol. The highest BCUT2D eigenvalue weighted by Gasteiger charge is 2.12. The van der Waals surface area contributed by atoms with E-state index in [2.05, 4.69) is 39.5 Å². The van der Waals surface area contributed by atoms with Crippen molar-refractivity contribution in [2.45, 2.75) is 32.4 Å². The number of para-hydroxylation sites is 1. The quantitative estimate of drug-likeness (QED) is 0.744. The number of amides is 1. The Bertz CT molecular complexity index is 909. The van der Waals surface area contributed by atoms with E-state index in [1.807, 2.05) is 30.3 Å². The number of nitrogens with one attached hydrogen (secondary N) is 1. The summed E-state index contributed by atoms with van der Waals surface area (Å²) in [6.45, 7) is 3.95. The highest BCUT2D eigenvalue weighted by Crippen LogP contribution is 2.16. The molecular formula is C23H25N3O. The summed E-state index contributed by atoms with van der Waals surface area (Å²) in [4.78, 5) is 19.5. The average Bonchev–Trinajstić information content (AvgIpc) is 2.73. The summed E-state index contributed by atoms with van der Waals surface area (Å²) in [6, 6.07) is 18.1. The monoisotopic (exact) mass is 359 g/mol. The Balaban J connectivity index is 1.37. The van der Waals surface area contributed by atoms with Crippen molar-refractivity contribution in [3.05, 3.63) is 77.5 Å². The van der Waals surface area contributed by atoms with Crippen LogP contribution in [0.4, 0.5) is 0 Å². The summed E-state index contributed by atoms with van der Waals surface area (Å²) < 4.78 is 0. The molecule has 2 aromatic carbocycles. The number of fused-ring (bicyclic) bond motifs is 1. The number of hydrogen-bond acceptors (Lipinski definition) is 3. The van der Waals surface area contributed by atoms with Crippen LogP contribution in [0.3, 0.4) is 0 Å². The minimum absolute atomic E-state index is 0.0864. The Morgan fingerprint density at radius 2 is 1.67 bits per heavy atom. The number of aromatic nitrogens is 1.